The van der Waals surface area contributed by atoms with Crippen molar-refractivity contribution in [3.8, 4) is 0 Å². The summed E-state index contributed by atoms with van der Waals surface area (Å²) in [5, 5.41) is 2.71. The summed E-state index contributed by atoms with van der Waals surface area (Å²) >= 11 is 0. The summed E-state index contributed by atoms with van der Waals surface area (Å²) in [6.07, 6.45) is 3.60. The Morgan fingerprint density at radius 1 is 1.53 bits per heavy atom. The summed E-state index contributed by atoms with van der Waals surface area (Å²) in [6.45, 7) is 4.74. The van der Waals surface area contributed by atoms with Crippen LogP contribution in [-0.2, 0) is 11.3 Å². The van der Waals surface area contributed by atoms with E-state index in [1.54, 1.807) is 6.20 Å². The molecule has 1 aromatic rings. The molecular formula is C11H17N3O. The van der Waals surface area contributed by atoms with Gasteiger partial charge >= 0.3 is 0 Å². The van der Waals surface area contributed by atoms with Crippen molar-refractivity contribution in [2.45, 2.75) is 26.3 Å². The number of rotatable bonds is 4. The van der Waals surface area contributed by atoms with Gasteiger partial charge in [-0.15, -0.1) is 0 Å². The second-order valence-electron chi connectivity index (χ2n) is 3.76. The van der Waals surface area contributed by atoms with Gasteiger partial charge in [0, 0.05) is 18.9 Å². The Balaban J connectivity index is 2.61. The van der Waals surface area contributed by atoms with Crippen LogP contribution >= 0.6 is 0 Å². The van der Waals surface area contributed by atoms with Crippen LogP contribution in [0.2, 0.25) is 0 Å². The Morgan fingerprint density at radius 3 is 2.87 bits per heavy atom. The molecule has 0 radical (unpaired) electrons. The molecule has 0 saturated heterocycles. The molecule has 0 unspecified atom stereocenters. The molecule has 4 heteroatoms. The van der Waals surface area contributed by atoms with Gasteiger partial charge in [0.2, 0.25) is 5.91 Å². The zero-order chi connectivity index (χ0) is 11.3. The number of hydrogen-bond acceptors (Lipinski definition) is 3. The van der Waals surface area contributed by atoms with E-state index in [4.69, 9.17) is 5.73 Å². The molecule has 1 amide bonds. The minimum Gasteiger partial charge on any atom is -0.351 e. The number of pyridine rings is 1. The number of nitrogens with one attached hydrogen (secondary N) is 1. The first-order chi connectivity index (χ1) is 7.13. The van der Waals surface area contributed by atoms with E-state index >= 15 is 0 Å². The maximum absolute atomic E-state index is 10.9. The third-order valence-electron chi connectivity index (χ3n) is 2.16. The van der Waals surface area contributed by atoms with Crippen LogP contribution < -0.4 is 11.1 Å². The highest BCUT2D eigenvalue weighted by atomic mass is 16.1. The van der Waals surface area contributed by atoms with Crippen LogP contribution in [0.5, 0.6) is 0 Å². The molecule has 0 aliphatic carbocycles. The summed E-state index contributed by atoms with van der Waals surface area (Å²) in [6, 6.07) is 2.05. The normalized spacial score (nSPS) is 10.4. The van der Waals surface area contributed by atoms with Gasteiger partial charge in [-0.25, -0.2) is 0 Å². The SMILES string of the molecule is CC(C)c1cncc(CNC(=O)CN)c1. The van der Waals surface area contributed by atoms with E-state index in [2.05, 4.69) is 30.2 Å². The molecule has 0 aromatic carbocycles. The number of carbonyl (C=O) groups excluding carboxylic acids is 1. The van der Waals surface area contributed by atoms with Gasteiger partial charge in [0.1, 0.15) is 0 Å². The first kappa shape index (κ1) is 11.7. The molecule has 0 aliphatic rings. The molecule has 4 nitrogen and oxygen atoms in total. The molecule has 1 rings (SSSR count). The molecule has 1 aromatic heterocycles. The minimum absolute atomic E-state index is 0.0251. The quantitative estimate of drug-likeness (QED) is 0.766. The predicted molar refractivity (Wildman–Crippen MR) is 59.2 cm³/mol. The van der Waals surface area contributed by atoms with Crippen molar-refractivity contribution in [2.75, 3.05) is 6.54 Å². The number of carbonyl (C=O) groups is 1. The van der Waals surface area contributed by atoms with Crippen LogP contribution in [0, 0.1) is 0 Å². The van der Waals surface area contributed by atoms with Gasteiger partial charge < -0.3 is 11.1 Å². The van der Waals surface area contributed by atoms with Crippen LogP contribution in [0.15, 0.2) is 18.5 Å². The Hall–Kier alpha value is -1.42. The average Bonchev–Trinajstić information content (AvgIpc) is 2.26. The van der Waals surface area contributed by atoms with E-state index < -0.39 is 0 Å². The number of aromatic nitrogens is 1. The average molecular weight is 207 g/mol. The Kier molecular flexibility index (Phi) is 4.24. The third-order valence-corrected chi connectivity index (χ3v) is 2.16. The van der Waals surface area contributed by atoms with Crippen molar-refractivity contribution in [3.05, 3.63) is 29.6 Å². The number of nitrogens with two attached hydrogens (primary N) is 1. The second kappa shape index (κ2) is 5.46. The van der Waals surface area contributed by atoms with E-state index in [9.17, 15) is 4.79 Å². The number of nitrogens with zero attached hydrogens (tertiary/aromatic N) is 1. The lowest BCUT2D eigenvalue weighted by atomic mass is 10.0. The third kappa shape index (κ3) is 3.67. The first-order valence-electron chi connectivity index (χ1n) is 5.04. The fourth-order valence-corrected chi connectivity index (χ4v) is 1.19. The molecule has 0 spiro atoms. The lowest BCUT2D eigenvalue weighted by Crippen LogP contribution is -2.29. The van der Waals surface area contributed by atoms with Crippen LogP contribution in [0.1, 0.15) is 30.9 Å². The largest absolute Gasteiger partial charge is 0.351 e. The van der Waals surface area contributed by atoms with E-state index in [1.807, 2.05) is 6.20 Å². The second-order valence-corrected chi connectivity index (χ2v) is 3.76. The van der Waals surface area contributed by atoms with Gasteiger partial charge in [-0.1, -0.05) is 19.9 Å². The highest BCUT2D eigenvalue weighted by Crippen LogP contribution is 2.13. The molecule has 0 saturated carbocycles. The van der Waals surface area contributed by atoms with Crippen molar-refractivity contribution in [3.63, 3.8) is 0 Å². The molecule has 0 fully saturated rings. The maximum atomic E-state index is 10.9. The standard InChI is InChI=1S/C11H17N3O/c1-8(2)10-3-9(5-13-7-10)6-14-11(15)4-12/h3,5,7-8H,4,6,12H2,1-2H3,(H,14,15). The van der Waals surface area contributed by atoms with Gasteiger partial charge in [0.25, 0.3) is 0 Å². The monoisotopic (exact) mass is 207 g/mol. The lowest BCUT2D eigenvalue weighted by molar-refractivity contribution is -0.119. The summed E-state index contributed by atoms with van der Waals surface area (Å²) < 4.78 is 0. The van der Waals surface area contributed by atoms with Crippen molar-refractivity contribution in [1.29, 1.82) is 0 Å². The van der Waals surface area contributed by atoms with Crippen LogP contribution in [-0.4, -0.2) is 17.4 Å². The zero-order valence-corrected chi connectivity index (χ0v) is 9.16. The smallest absolute Gasteiger partial charge is 0.234 e. The minimum atomic E-state index is -0.148. The van der Waals surface area contributed by atoms with Crippen LogP contribution in [0.3, 0.4) is 0 Å². The van der Waals surface area contributed by atoms with Gasteiger partial charge in [-0.3, -0.25) is 9.78 Å². The summed E-state index contributed by atoms with van der Waals surface area (Å²) in [5.74, 6) is 0.299. The predicted octanol–water partition coefficient (Wildman–Crippen LogP) is 0.780. The molecule has 82 valence electrons. The molecular weight excluding hydrogens is 190 g/mol. The first-order valence-corrected chi connectivity index (χ1v) is 5.04. The van der Waals surface area contributed by atoms with Crippen molar-refractivity contribution in [2.24, 2.45) is 5.73 Å². The van der Waals surface area contributed by atoms with E-state index in [0.29, 0.717) is 12.5 Å². The van der Waals surface area contributed by atoms with E-state index in [-0.39, 0.29) is 12.5 Å². The highest BCUT2D eigenvalue weighted by Gasteiger charge is 2.02. The topological polar surface area (TPSA) is 68.0 Å². The summed E-state index contributed by atoms with van der Waals surface area (Å²) in [5.41, 5.74) is 7.36. The maximum Gasteiger partial charge on any atom is 0.234 e. The molecule has 15 heavy (non-hydrogen) atoms. The fraction of sp³-hybridized carbons (Fsp3) is 0.455. The molecule has 1 heterocycles. The summed E-state index contributed by atoms with van der Waals surface area (Å²) in [7, 11) is 0. The van der Waals surface area contributed by atoms with Crippen molar-refractivity contribution in [1.82, 2.24) is 10.3 Å². The number of hydrogen-bond donors (Lipinski definition) is 2. The van der Waals surface area contributed by atoms with Gasteiger partial charge in [-0.2, -0.15) is 0 Å². The van der Waals surface area contributed by atoms with Gasteiger partial charge in [0.15, 0.2) is 0 Å². The van der Waals surface area contributed by atoms with Gasteiger partial charge in [0.05, 0.1) is 6.54 Å². The summed E-state index contributed by atoms with van der Waals surface area (Å²) in [4.78, 5) is 15.1. The highest BCUT2D eigenvalue weighted by molar-refractivity contribution is 5.77. The number of amides is 1. The zero-order valence-electron chi connectivity index (χ0n) is 9.16. The molecule has 0 bridgehead atoms. The Bertz CT molecular complexity index is 336. The lowest BCUT2D eigenvalue weighted by Gasteiger charge is -2.07. The van der Waals surface area contributed by atoms with Crippen molar-refractivity contribution < 1.29 is 4.79 Å². The van der Waals surface area contributed by atoms with E-state index in [0.717, 1.165) is 5.56 Å². The van der Waals surface area contributed by atoms with Gasteiger partial charge in [-0.05, 0) is 17.0 Å². The Labute approximate surface area is 89.9 Å². The van der Waals surface area contributed by atoms with Crippen LogP contribution in [0.4, 0.5) is 0 Å². The molecule has 0 atom stereocenters. The van der Waals surface area contributed by atoms with E-state index in [1.165, 1.54) is 5.56 Å². The molecule has 3 N–H and O–H groups in total. The Morgan fingerprint density at radius 2 is 2.27 bits per heavy atom. The fourth-order valence-electron chi connectivity index (χ4n) is 1.19. The van der Waals surface area contributed by atoms with Crippen LogP contribution in [0.25, 0.3) is 0 Å². The van der Waals surface area contributed by atoms with Crippen molar-refractivity contribution >= 4 is 5.91 Å². The molecule has 0 aliphatic heterocycles.